The minimum absolute atomic E-state index is 0.0103. The second-order valence-electron chi connectivity index (χ2n) is 8.67. The number of amides is 2. The van der Waals surface area contributed by atoms with Crippen molar-refractivity contribution in [2.75, 3.05) is 30.3 Å². The molecule has 40 heavy (non-hydrogen) atoms. The van der Waals surface area contributed by atoms with E-state index in [4.69, 9.17) is 16.3 Å². The Morgan fingerprint density at radius 1 is 1.20 bits per heavy atom. The Morgan fingerprint density at radius 3 is 2.60 bits per heavy atom. The van der Waals surface area contributed by atoms with Crippen LogP contribution in [0, 0.1) is 10.1 Å². The maximum atomic E-state index is 13.2. The van der Waals surface area contributed by atoms with Crippen LogP contribution in [0.15, 0.2) is 71.9 Å². The van der Waals surface area contributed by atoms with Gasteiger partial charge in [-0.25, -0.2) is 9.98 Å². The molecule has 1 saturated heterocycles. The second-order valence-corrected chi connectivity index (χ2v) is 10.3. The Kier molecular flexibility index (Phi) is 9.92. The summed E-state index contributed by atoms with van der Waals surface area (Å²) in [5.41, 5.74) is 1.06. The van der Waals surface area contributed by atoms with Crippen molar-refractivity contribution in [1.82, 2.24) is 9.88 Å². The standard InChI is InChI=1S/C27H27ClN6O5S/c1-2-15-39-22-10-7-19(8-11-22)31-26(36)23-16-25(35)33(27(40-23)32-20-5-3-18(28)4-6-20)14-13-29-24-12-9-21(17-30-24)34(37)38/h3-12,17,23H,2,13-16H2,1H3,(H,29,30)(H,31,36)/t23-/m1/s1. The molecule has 13 heteroatoms. The number of hydrogen-bond acceptors (Lipinski definition) is 9. The normalized spacial score (nSPS) is 16.1. The van der Waals surface area contributed by atoms with E-state index in [1.54, 1.807) is 48.5 Å². The van der Waals surface area contributed by atoms with Gasteiger partial charge in [0.1, 0.15) is 23.0 Å². The Balaban J connectivity index is 1.45. The van der Waals surface area contributed by atoms with Crippen molar-refractivity contribution in [2.24, 2.45) is 4.99 Å². The molecule has 11 nitrogen and oxygen atoms in total. The molecule has 3 aromatic rings. The summed E-state index contributed by atoms with van der Waals surface area (Å²) in [5.74, 6) is 0.584. The third-order valence-electron chi connectivity index (χ3n) is 5.68. The van der Waals surface area contributed by atoms with Crippen molar-refractivity contribution >= 4 is 63.2 Å². The summed E-state index contributed by atoms with van der Waals surface area (Å²) in [4.78, 5) is 46.8. The molecular weight excluding hydrogens is 556 g/mol. The lowest BCUT2D eigenvalue weighted by atomic mass is 10.2. The molecular formula is C27H27ClN6O5S. The lowest BCUT2D eigenvalue weighted by Crippen LogP contribution is -2.46. The van der Waals surface area contributed by atoms with Crippen molar-refractivity contribution in [3.8, 4) is 5.75 Å². The number of amidine groups is 1. The van der Waals surface area contributed by atoms with Gasteiger partial charge in [0.05, 0.1) is 17.2 Å². The number of aromatic nitrogens is 1. The predicted octanol–water partition coefficient (Wildman–Crippen LogP) is 5.50. The van der Waals surface area contributed by atoms with E-state index >= 15 is 0 Å². The topological polar surface area (TPSA) is 139 Å². The Labute approximate surface area is 240 Å². The number of aliphatic imine (C=N–C) groups is 1. The first kappa shape index (κ1) is 28.8. The summed E-state index contributed by atoms with van der Waals surface area (Å²) in [6.07, 6.45) is 2.04. The van der Waals surface area contributed by atoms with Crippen LogP contribution in [-0.4, -0.2) is 56.7 Å². The predicted molar refractivity (Wildman–Crippen MR) is 156 cm³/mol. The van der Waals surface area contributed by atoms with Crippen molar-refractivity contribution < 1.29 is 19.2 Å². The SMILES string of the molecule is CCCOc1ccc(NC(=O)[C@H]2CC(=O)N(CCNc3ccc([N+](=O)[O-])cn3)C(=Nc3ccc(Cl)cc3)S2)cc1. The molecule has 208 valence electrons. The van der Waals surface area contributed by atoms with E-state index in [0.717, 1.165) is 12.6 Å². The van der Waals surface area contributed by atoms with Crippen molar-refractivity contribution in [3.63, 3.8) is 0 Å². The molecule has 2 aromatic carbocycles. The average Bonchev–Trinajstić information content (AvgIpc) is 2.95. The number of nitrogens with one attached hydrogen (secondary N) is 2. The quantitative estimate of drug-likeness (QED) is 0.223. The van der Waals surface area contributed by atoms with Crippen molar-refractivity contribution in [3.05, 3.63) is 82.0 Å². The molecule has 0 aliphatic carbocycles. The first-order valence-electron chi connectivity index (χ1n) is 12.5. The highest BCUT2D eigenvalue weighted by Crippen LogP contribution is 2.30. The molecule has 0 unspecified atom stereocenters. The van der Waals surface area contributed by atoms with Crippen LogP contribution in [0.25, 0.3) is 0 Å². The molecule has 1 fully saturated rings. The summed E-state index contributed by atoms with van der Waals surface area (Å²) >= 11 is 7.21. The van der Waals surface area contributed by atoms with E-state index < -0.39 is 10.2 Å². The van der Waals surface area contributed by atoms with Gasteiger partial charge in [0.2, 0.25) is 11.8 Å². The van der Waals surface area contributed by atoms with Crippen LogP contribution in [0.3, 0.4) is 0 Å². The fourth-order valence-corrected chi connectivity index (χ4v) is 4.91. The summed E-state index contributed by atoms with van der Waals surface area (Å²) < 4.78 is 5.58. The van der Waals surface area contributed by atoms with Gasteiger partial charge in [-0.05, 0) is 61.0 Å². The summed E-state index contributed by atoms with van der Waals surface area (Å²) in [6, 6.07) is 16.8. The largest absolute Gasteiger partial charge is 0.494 e. The number of rotatable bonds is 11. The number of thioether (sulfide) groups is 1. The maximum absolute atomic E-state index is 13.2. The van der Waals surface area contributed by atoms with Gasteiger partial charge in [-0.15, -0.1) is 0 Å². The molecule has 1 aliphatic rings. The number of nitro groups is 1. The Bertz CT molecular complexity index is 1370. The minimum atomic E-state index is -0.685. The second kappa shape index (κ2) is 13.8. The monoisotopic (exact) mass is 582 g/mol. The van der Waals surface area contributed by atoms with Crippen LogP contribution in [0.1, 0.15) is 19.8 Å². The van der Waals surface area contributed by atoms with E-state index in [0.29, 0.717) is 46.3 Å². The fraction of sp³-hybridized carbons (Fsp3) is 0.259. The molecule has 0 bridgehead atoms. The van der Waals surface area contributed by atoms with E-state index in [1.165, 1.54) is 28.8 Å². The molecule has 0 radical (unpaired) electrons. The Morgan fingerprint density at radius 2 is 1.95 bits per heavy atom. The highest BCUT2D eigenvalue weighted by molar-refractivity contribution is 8.15. The molecule has 1 aliphatic heterocycles. The smallest absolute Gasteiger partial charge is 0.287 e. The van der Waals surface area contributed by atoms with Crippen LogP contribution in [0.5, 0.6) is 5.75 Å². The first-order chi connectivity index (χ1) is 19.3. The Hall–Kier alpha value is -4.16. The van der Waals surface area contributed by atoms with E-state index in [2.05, 4.69) is 20.6 Å². The van der Waals surface area contributed by atoms with Gasteiger partial charge in [-0.2, -0.15) is 0 Å². The zero-order valence-corrected chi connectivity index (χ0v) is 23.2. The number of ether oxygens (including phenoxy) is 1. The number of pyridine rings is 1. The minimum Gasteiger partial charge on any atom is -0.494 e. The number of carbonyl (C=O) groups excluding carboxylic acids is 2. The van der Waals surface area contributed by atoms with E-state index in [9.17, 15) is 19.7 Å². The van der Waals surface area contributed by atoms with Gasteiger partial charge >= 0.3 is 0 Å². The molecule has 0 saturated carbocycles. The number of halogens is 1. The maximum Gasteiger partial charge on any atom is 0.287 e. The zero-order valence-electron chi connectivity index (χ0n) is 21.6. The molecule has 4 rings (SSSR count). The molecule has 2 heterocycles. The van der Waals surface area contributed by atoms with E-state index in [1.807, 2.05) is 6.92 Å². The molecule has 2 N–H and O–H groups in total. The molecule has 2 amide bonds. The third-order valence-corrected chi connectivity index (χ3v) is 7.12. The number of carbonyl (C=O) groups is 2. The van der Waals surface area contributed by atoms with Crippen LogP contribution < -0.4 is 15.4 Å². The fourth-order valence-electron chi connectivity index (χ4n) is 3.66. The van der Waals surface area contributed by atoms with Gasteiger partial charge in [0.15, 0.2) is 5.17 Å². The summed E-state index contributed by atoms with van der Waals surface area (Å²) in [7, 11) is 0. The molecule has 1 aromatic heterocycles. The lowest BCUT2D eigenvalue weighted by molar-refractivity contribution is -0.385. The van der Waals surface area contributed by atoms with Gasteiger partial charge in [-0.1, -0.05) is 30.3 Å². The number of nitrogens with zero attached hydrogens (tertiary/aromatic N) is 4. The number of anilines is 2. The number of benzene rings is 2. The highest BCUT2D eigenvalue weighted by Gasteiger charge is 2.35. The molecule has 1 atom stereocenters. The van der Waals surface area contributed by atoms with E-state index in [-0.39, 0.29) is 30.5 Å². The van der Waals surface area contributed by atoms with Crippen LogP contribution in [0.2, 0.25) is 5.02 Å². The van der Waals surface area contributed by atoms with Crippen LogP contribution in [-0.2, 0) is 9.59 Å². The van der Waals surface area contributed by atoms with Crippen LogP contribution >= 0.6 is 23.4 Å². The highest BCUT2D eigenvalue weighted by atomic mass is 35.5. The lowest BCUT2D eigenvalue weighted by Gasteiger charge is -2.32. The third kappa shape index (κ3) is 7.93. The first-order valence-corrected chi connectivity index (χ1v) is 13.8. The van der Waals surface area contributed by atoms with Crippen molar-refractivity contribution in [2.45, 2.75) is 25.0 Å². The van der Waals surface area contributed by atoms with Crippen molar-refractivity contribution in [1.29, 1.82) is 0 Å². The summed E-state index contributed by atoms with van der Waals surface area (Å²) in [6.45, 7) is 3.18. The number of hydrogen-bond donors (Lipinski definition) is 2. The summed E-state index contributed by atoms with van der Waals surface area (Å²) in [5, 5.41) is 17.0. The van der Waals surface area contributed by atoms with Gasteiger partial charge in [-0.3, -0.25) is 24.6 Å². The van der Waals surface area contributed by atoms with Gasteiger partial charge in [0.25, 0.3) is 5.69 Å². The molecule has 0 spiro atoms. The van der Waals surface area contributed by atoms with Gasteiger partial charge < -0.3 is 15.4 Å². The average molecular weight is 583 g/mol. The van der Waals surface area contributed by atoms with Gasteiger partial charge in [0, 0.05) is 36.3 Å². The van der Waals surface area contributed by atoms with Crippen LogP contribution in [0.4, 0.5) is 22.9 Å². The zero-order chi connectivity index (χ0) is 28.5.